The third-order valence-electron chi connectivity index (χ3n) is 3.95. The molecule has 3 N–H and O–H groups in total. The van der Waals surface area contributed by atoms with Crippen molar-refractivity contribution in [2.75, 3.05) is 16.4 Å². The van der Waals surface area contributed by atoms with Crippen molar-refractivity contribution in [3.63, 3.8) is 0 Å². The molecule has 0 aliphatic rings. The predicted octanol–water partition coefficient (Wildman–Crippen LogP) is 6.65. The smallest absolute Gasteiger partial charge is 0.359 e. The van der Waals surface area contributed by atoms with E-state index in [1.54, 1.807) is 36.5 Å². The van der Waals surface area contributed by atoms with Gasteiger partial charge in [0.15, 0.2) is 0 Å². The number of benzene rings is 2. The van der Waals surface area contributed by atoms with Crippen molar-refractivity contribution < 1.29 is 18.0 Å². The quantitative estimate of drug-likeness (QED) is 0.386. The molecule has 0 bridgehead atoms. The molecule has 0 radical (unpaired) electrons. The van der Waals surface area contributed by atoms with E-state index in [-0.39, 0.29) is 17.5 Å². The lowest BCUT2D eigenvalue weighted by molar-refractivity contribution is -0.0328. The number of aromatic nitrogens is 1. The van der Waals surface area contributed by atoms with E-state index in [0.29, 0.717) is 29.2 Å². The van der Waals surface area contributed by atoms with Crippen LogP contribution in [0.25, 0.3) is 10.9 Å². The van der Waals surface area contributed by atoms with Crippen LogP contribution in [-0.2, 0) is 6.42 Å². The topological polar surface area (TPSA) is 56.9 Å². The van der Waals surface area contributed by atoms with Gasteiger partial charge in [0.05, 0.1) is 5.69 Å². The Morgan fingerprint density at radius 2 is 1.96 bits per heavy atom. The summed E-state index contributed by atoms with van der Waals surface area (Å²) in [4.78, 5) is 15.3. The summed E-state index contributed by atoms with van der Waals surface area (Å²) in [6.07, 6.45) is 2.58. The molecule has 1 heterocycles. The first-order valence-electron chi connectivity index (χ1n) is 8.44. The molecule has 3 rings (SSSR count). The number of carbonyl (C=O) groups is 1. The maximum absolute atomic E-state index is 12.3. The van der Waals surface area contributed by atoms with Crippen LogP contribution in [0.2, 0.25) is 5.02 Å². The van der Waals surface area contributed by atoms with Crippen molar-refractivity contribution in [3.05, 3.63) is 59.2 Å². The van der Waals surface area contributed by atoms with Gasteiger partial charge in [0.25, 0.3) is 0 Å². The van der Waals surface area contributed by atoms with E-state index in [1.165, 1.54) is 0 Å². The van der Waals surface area contributed by atoms with Gasteiger partial charge in [-0.05, 0) is 48.7 Å². The molecule has 0 saturated heterocycles. The molecule has 4 nitrogen and oxygen atoms in total. The third kappa shape index (κ3) is 5.84. The Balaban J connectivity index is 1.57. The van der Waals surface area contributed by atoms with E-state index in [4.69, 9.17) is 11.6 Å². The molecule has 2 amide bonds. The summed E-state index contributed by atoms with van der Waals surface area (Å²) in [5, 5.41) is 6.85. The highest BCUT2D eigenvalue weighted by atomic mass is 35.5. The largest absolute Gasteiger partial charge is 0.441 e. The minimum Gasteiger partial charge on any atom is -0.359 e. The number of alkyl halides is 3. The molecule has 3 aromatic rings. The lowest BCUT2D eigenvalue weighted by Crippen LogP contribution is -2.19. The lowest BCUT2D eigenvalue weighted by atomic mass is 10.1. The van der Waals surface area contributed by atoms with Crippen molar-refractivity contribution in [3.8, 4) is 0 Å². The first-order valence-corrected chi connectivity index (χ1v) is 9.81. The molecule has 28 heavy (non-hydrogen) atoms. The van der Waals surface area contributed by atoms with Crippen molar-refractivity contribution >= 4 is 51.7 Å². The normalized spacial score (nSPS) is 11.6. The van der Waals surface area contributed by atoms with E-state index in [1.807, 2.05) is 12.1 Å². The minimum absolute atomic E-state index is 0.00473. The number of rotatable bonds is 6. The zero-order chi connectivity index (χ0) is 20.1. The number of H-pyrrole nitrogens is 1. The Hall–Kier alpha value is -2.32. The van der Waals surface area contributed by atoms with Gasteiger partial charge < -0.3 is 15.6 Å². The van der Waals surface area contributed by atoms with Gasteiger partial charge in [-0.3, -0.25) is 0 Å². The van der Waals surface area contributed by atoms with Gasteiger partial charge in [0.2, 0.25) is 0 Å². The van der Waals surface area contributed by atoms with Crippen LogP contribution in [0.3, 0.4) is 0 Å². The molecule has 1 aromatic heterocycles. The number of nitrogens with one attached hydrogen (secondary N) is 3. The first kappa shape index (κ1) is 20.4. The number of carbonyl (C=O) groups excluding carboxylic acids is 1. The number of aromatic amines is 1. The summed E-state index contributed by atoms with van der Waals surface area (Å²) in [7, 11) is 0. The molecule has 0 unspecified atom stereocenters. The summed E-state index contributed by atoms with van der Waals surface area (Å²) in [5.74, 6) is 0.00473. The van der Waals surface area contributed by atoms with Gasteiger partial charge in [-0.1, -0.05) is 35.5 Å². The fourth-order valence-electron chi connectivity index (χ4n) is 2.75. The SMILES string of the molecule is O=C(Nc1cccc(CCCSC(F)(F)F)c1)Nc1c[nH]c2ccc(Cl)cc12. The maximum Gasteiger partial charge on any atom is 0.441 e. The molecular formula is C19H17ClF3N3OS. The van der Waals surface area contributed by atoms with Crippen molar-refractivity contribution in [1.29, 1.82) is 0 Å². The summed E-state index contributed by atoms with van der Waals surface area (Å²) >= 11 is 5.98. The lowest BCUT2D eigenvalue weighted by Gasteiger charge is -2.09. The zero-order valence-corrected chi connectivity index (χ0v) is 16.1. The average Bonchev–Trinajstić information content (AvgIpc) is 3.00. The maximum atomic E-state index is 12.3. The van der Waals surface area contributed by atoms with Crippen molar-refractivity contribution in [2.24, 2.45) is 0 Å². The summed E-state index contributed by atoms with van der Waals surface area (Å²) in [6, 6.07) is 12.0. The van der Waals surface area contributed by atoms with Crippen LogP contribution in [-0.4, -0.2) is 22.3 Å². The Bertz CT molecular complexity index is 974. The molecule has 0 fully saturated rings. The molecule has 148 valence electrons. The van der Waals surface area contributed by atoms with Gasteiger partial charge in [-0.15, -0.1) is 0 Å². The Morgan fingerprint density at radius 3 is 2.75 bits per heavy atom. The number of anilines is 2. The number of thioether (sulfide) groups is 1. The molecule has 0 saturated carbocycles. The van der Waals surface area contributed by atoms with Crippen LogP contribution in [0.15, 0.2) is 48.7 Å². The van der Waals surface area contributed by atoms with Crippen LogP contribution in [0, 0.1) is 0 Å². The van der Waals surface area contributed by atoms with Gasteiger partial charge in [-0.25, -0.2) is 4.79 Å². The second-order valence-electron chi connectivity index (χ2n) is 6.07. The molecule has 0 spiro atoms. The highest BCUT2D eigenvalue weighted by Crippen LogP contribution is 2.31. The van der Waals surface area contributed by atoms with E-state index in [2.05, 4.69) is 15.6 Å². The number of hydrogen-bond acceptors (Lipinski definition) is 2. The number of amides is 2. The summed E-state index contributed by atoms with van der Waals surface area (Å²) in [5.41, 5.74) is -1.33. The van der Waals surface area contributed by atoms with Crippen LogP contribution < -0.4 is 10.6 Å². The van der Waals surface area contributed by atoms with Gasteiger partial charge in [0.1, 0.15) is 0 Å². The average molecular weight is 428 g/mol. The van der Waals surface area contributed by atoms with E-state index >= 15 is 0 Å². The number of halogens is 4. The first-order chi connectivity index (χ1) is 13.3. The van der Waals surface area contributed by atoms with Gasteiger partial charge in [0, 0.05) is 33.6 Å². The fraction of sp³-hybridized carbons (Fsp3) is 0.211. The van der Waals surface area contributed by atoms with Gasteiger partial charge in [-0.2, -0.15) is 13.2 Å². The fourth-order valence-corrected chi connectivity index (χ4v) is 3.44. The van der Waals surface area contributed by atoms with Crippen molar-refractivity contribution in [2.45, 2.75) is 18.3 Å². The monoisotopic (exact) mass is 427 g/mol. The predicted molar refractivity (Wildman–Crippen MR) is 109 cm³/mol. The standard InChI is InChI=1S/C19H17ClF3N3OS/c20-13-6-7-16-15(10-13)17(11-24-16)26-18(27)25-14-5-1-3-12(9-14)4-2-8-28-19(21,22)23/h1,3,5-7,9-11,24H,2,4,8H2,(H2,25,26,27). The molecular weight excluding hydrogens is 411 g/mol. The van der Waals surface area contributed by atoms with Crippen LogP contribution in [0.4, 0.5) is 29.3 Å². The van der Waals surface area contributed by atoms with Crippen LogP contribution in [0.5, 0.6) is 0 Å². The van der Waals surface area contributed by atoms with E-state index < -0.39 is 11.5 Å². The molecule has 9 heteroatoms. The second-order valence-corrected chi connectivity index (χ2v) is 7.67. The van der Waals surface area contributed by atoms with Crippen LogP contribution >= 0.6 is 23.4 Å². The Morgan fingerprint density at radius 1 is 1.14 bits per heavy atom. The molecule has 0 atom stereocenters. The van der Waals surface area contributed by atoms with Gasteiger partial charge >= 0.3 is 11.5 Å². The number of aryl methyl sites for hydroxylation is 1. The number of hydrogen-bond donors (Lipinski definition) is 3. The Labute approximate surface area is 168 Å². The Kier molecular flexibility index (Phi) is 6.41. The van der Waals surface area contributed by atoms with E-state index in [0.717, 1.165) is 16.5 Å². The highest BCUT2D eigenvalue weighted by Gasteiger charge is 2.27. The molecule has 0 aliphatic heterocycles. The second kappa shape index (κ2) is 8.79. The minimum atomic E-state index is -4.20. The molecule has 2 aromatic carbocycles. The highest BCUT2D eigenvalue weighted by molar-refractivity contribution is 8.00. The zero-order valence-electron chi connectivity index (χ0n) is 14.6. The number of urea groups is 1. The summed E-state index contributed by atoms with van der Waals surface area (Å²) < 4.78 is 36.5. The molecule has 0 aliphatic carbocycles. The summed E-state index contributed by atoms with van der Waals surface area (Å²) in [6.45, 7) is 0. The van der Waals surface area contributed by atoms with Crippen LogP contribution in [0.1, 0.15) is 12.0 Å². The third-order valence-corrected chi connectivity index (χ3v) is 5.01. The van der Waals surface area contributed by atoms with E-state index in [9.17, 15) is 18.0 Å². The number of fused-ring (bicyclic) bond motifs is 1. The van der Waals surface area contributed by atoms with Crippen molar-refractivity contribution in [1.82, 2.24) is 4.98 Å².